The number of nitrogens with zero attached hydrogens (tertiary/aromatic N) is 3. The van der Waals surface area contributed by atoms with Gasteiger partial charge in [0, 0.05) is 19.2 Å². The molecule has 0 aromatic carbocycles. The van der Waals surface area contributed by atoms with Crippen LogP contribution in [0.5, 0.6) is 0 Å². The minimum Gasteiger partial charge on any atom is -0.366 e. The molecule has 20 heavy (non-hydrogen) atoms. The van der Waals surface area contributed by atoms with Crippen molar-refractivity contribution in [1.82, 2.24) is 4.98 Å². The second kappa shape index (κ2) is 4.96. The first-order valence-corrected chi connectivity index (χ1v) is 7.14. The molecule has 1 aliphatic rings. The predicted octanol–water partition coefficient (Wildman–Crippen LogP) is 3.15. The Morgan fingerprint density at radius 3 is 2.35 bits per heavy atom. The van der Waals surface area contributed by atoms with Crippen LogP contribution in [-0.2, 0) is 4.74 Å². The second-order valence-corrected chi connectivity index (χ2v) is 7.09. The van der Waals surface area contributed by atoms with Crippen molar-refractivity contribution >= 4 is 27.4 Å². The summed E-state index contributed by atoms with van der Waals surface area (Å²) in [5, 5.41) is 10.8. The van der Waals surface area contributed by atoms with Crippen molar-refractivity contribution in [3.8, 4) is 0 Å². The highest BCUT2D eigenvalue weighted by Crippen LogP contribution is 2.34. The van der Waals surface area contributed by atoms with Gasteiger partial charge in [0.2, 0.25) is 0 Å². The van der Waals surface area contributed by atoms with Gasteiger partial charge in [0.15, 0.2) is 0 Å². The van der Waals surface area contributed by atoms with Crippen molar-refractivity contribution in [1.29, 1.82) is 0 Å². The number of nitro groups is 1. The third-order valence-corrected chi connectivity index (χ3v) is 3.60. The molecule has 0 aliphatic carbocycles. The molecule has 0 radical (unpaired) electrons. The lowest BCUT2D eigenvalue weighted by atomic mass is 9.99. The number of hydrogen-bond acceptors (Lipinski definition) is 5. The van der Waals surface area contributed by atoms with Crippen LogP contribution in [0, 0.1) is 10.1 Å². The normalized spacial score (nSPS) is 20.8. The van der Waals surface area contributed by atoms with Gasteiger partial charge in [0.25, 0.3) is 5.69 Å². The molecule has 110 valence electrons. The number of pyridine rings is 1. The summed E-state index contributed by atoms with van der Waals surface area (Å²) in [5.41, 5.74) is -0.623. The number of aromatic nitrogens is 1. The molecule has 2 heterocycles. The van der Waals surface area contributed by atoms with Crippen molar-refractivity contribution in [3.63, 3.8) is 0 Å². The summed E-state index contributed by atoms with van der Waals surface area (Å²) in [5.74, 6) is 0.708. The van der Waals surface area contributed by atoms with Crippen LogP contribution in [0.25, 0.3) is 0 Å². The molecule has 0 spiro atoms. The van der Waals surface area contributed by atoms with Gasteiger partial charge in [-0.3, -0.25) is 10.1 Å². The van der Waals surface area contributed by atoms with E-state index in [0.29, 0.717) is 23.4 Å². The third-order valence-electron chi connectivity index (χ3n) is 3.01. The second-order valence-electron chi connectivity index (χ2n) is 6.23. The van der Waals surface area contributed by atoms with Gasteiger partial charge < -0.3 is 9.64 Å². The molecule has 2 rings (SSSR count). The summed E-state index contributed by atoms with van der Waals surface area (Å²) in [7, 11) is 0. The first-order chi connectivity index (χ1) is 9.10. The van der Waals surface area contributed by atoms with Crippen LogP contribution in [0.2, 0.25) is 0 Å². The molecule has 0 N–H and O–H groups in total. The standard InChI is InChI=1S/C13H18BrN3O3/c1-12(2)7-16(8-13(3,4)20-12)11-10(14)5-9(6-15-11)17(18)19/h5-6H,7-8H2,1-4H3. The molecule has 1 aromatic heterocycles. The number of anilines is 1. The summed E-state index contributed by atoms with van der Waals surface area (Å²) >= 11 is 3.38. The number of hydrogen-bond donors (Lipinski definition) is 0. The van der Waals surface area contributed by atoms with Crippen LogP contribution in [0.1, 0.15) is 27.7 Å². The molecule has 0 bridgehead atoms. The van der Waals surface area contributed by atoms with Gasteiger partial charge in [-0.1, -0.05) is 0 Å². The van der Waals surface area contributed by atoms with E-state index < -0.39 is 4.92 Å². The lowest BCUT2D eigenvalue weighted by molar-refractivity contribution is -0.385. The Labute approximate surface area is 126 Å². The summed E-state index contributed by atoms with van der Waals surface area (Å²) in [6, 6.07) is 1.48. The van der Waals surface area contributed by atoms with E-state index in [2.05, 4.69) is 25.8 Å². The molecule has 7 heteroatoms. The molecule has 1 saturated heterocycles. The third kappa shape index (κ3) is 3.27. The molecule has 0 amide bonds. The highest BCUT2D eigenvalue weighted by Gasteiger charge is 2.39. The molecular weight excluding hydrogens is 326 g/mol. The zero-order valence-corrected chi connectivity index (χ0v) is 13.6. The molecule has 0 unspecified atom stereocenters. The summed E-state index contributed by atoms with van der Waals surface area (Å²) in [6.07, 6.45) is 1.29. The van der Waals surface area contributed by atoms with Gasteiger partial charge in [-0.2, -0.15) is 0 Å². The number of morpholine rings is 1. The van der Waals surface area contributed by atoms with Crippen LogP contribution in [0.4, 0.5) is 11.5 Å². The first-order valence-electron chi connectivity index (χ1n) is 6.35. The molecule has 0 atom stereocenters. The zero-order valence-electron chi connectivity index (χ0n) is 12.0. The first kappa shape index (κ1) is 15.2. The fourth-order valence-electron chi connectivity index (χ4n) is 2.69. The SMILES string of the molecule is CC1(C)CN(c2ncc([N+](=O)[O-])cc2Br)CC(C)(C)O1. The van der Waals surface area contributed by atoms with Gasteiger partial charge in [0.05, 0.1) is 20.6 Å². The fraction of sp³-hybridized carbons (Fsp3) is 0.615. The van der Waals surface area contributed by atoms with Gasteiger partial charge in [-0.05, 0) is 43.6 Å². The van der Waals surface area contributed by atoms with Crippen molar-refractivity contribution in [2.75, 3.05) is 18.0 Å². The van der Waals surface area contributed by atoms with Crippen molar-refractivity contribution < 1.29 is 9.66 Å². The average Bonchev–Trinajstić information content (AvgIpc) is 2.24. The topological polar surface area (TPSA) is 68.5 Å². The van der Waals surface area contributed by atoms with Gasteiger partial charge in [-0.15, -0.1) is 0 Å². The molecule has 1 aromatic rings. The highest BCUT2D eigenvalue weighted by atomic mass is 79.9. The van der Waals surface area contributed by atoms with Gasteiger partial charge in [0.1, 0.15) is 12.0 Å². The quantitative estimate of drug-likeness (QED) is 0.609. The van der Waals surface area contributed by atoms with E-state index in [1.54, 1.807) is 0 Å². The Morgan fingerprint density at radius 1 is 1.35 bits per heavy atom. The lowest BCUT2D eigenvalue weighted by Gasteiger charge is -2.47. The Balaban J connectivity index is 2.34. The Bertz CT molecular complexity index is 530. The lowest BCUT2D eigenvalue weighted by Crippen LogP contribution is -2.57. The van der Waals surface area contributed by atoms with Crippen LogP contribution in [-0.4, -0.2) is 34.2 Å². The summed E-state index contributed by atoms with van der Waals surface area (Å²) in [6.45, 7) is 9.47. The molecule has 0 saturated carbocycles. The van der Waals surface area contributed by atoms with E-state index >= 15 is 0 Å². The van der Waals surface area contributed by atoms with Crippen LogP contribution in [0.15, 0.2) is 16.7 Å². The van der Waals surface area contributed by atoms with Crippen LogP contribution in [0.3, 0.4) is 0 Å². The highest BCUT2D eigenvalue weighted by molar-refractivity contribution is 9.10. The smallest absolute Gasteiger partial charge is 0.288 e. The van der Waals surface area contributed by atoms with E-state index in [-0.39, 0.29) is 16.9 Å². The van der Waals surface area contributed by atoms with Crippen molar-refractivity contribution in [2.45, 2.75) is 38.9 Å². The van der Waals surface area contributed by atoms with E-state index in [1.165, 1.54) is 12.3 Å². The monoisotopic (exact) mass is 343 g/mol. The number of rotatable bonds is 2. The maximum atomic E-state index is 10.8. The van der Waals surface area contributed by atoms with E-state index in [4.69, 9.17) is 4.74 Å². The molecular formula is C13H18BrN3O3. The molecule has 1 fully saturated rings. The van der Waals surface area contributed by atoms with Gasteiger partial charge >= 0.3 is 0 Å². The van der Waals surface area contributed by atoms with E-state index in [9.17, 15) is 10.1 Å². The Kier molecular flexibility index (Phi) is 3.77. The van der Waals surface area contributed by atoms with Crippen LogP contribution < -0.4 is 4.90 Å². The predicted molar refractivity (Wildman–Crippen MR) is 80.0 cm³/mol. The van der Waals surface area contributed by atoms with Crippen molar-refractivity contribution in [2.24, 2.45) is 0 Å². The Hall–Kier alpha value is -1.21. The minimum absolute atomic E-state index is 0.0209. The van der Waals surface area contributed by atoms with Crippen molar-refractivity contribution in [3.05, 3.63) is 26.9 Å². The number of ether oxygens (including phenoxy) is 1. The van der Waals surface area contributed by atoms with Gasteiger partial charge in [-0.25, -0.2) is 4.98 Å². The summed E-state index contributed by atoms with van der Waals surface area (Å²) < 4.78 is 6.65. The minimum atomic E-state index is -0.450. The maximum absolute atomic E-state index is 10.8. The maximum Gasteiger partial charge on any atom is 0.288 e. The summed E-state index contributed by atoms with van der Waals surface area (Å²) in [4.78, 5) is 16.6. The van der Waals surface area contributed by atoms with E-state index in [0.717, 1.165) is 0 Å². The van der Waals surface area contributed by atoms with E-state index in [1.807, 2.05) is 27.7 Å². The number of halogens is 1. The molecule has 6 nitrogen and oxygen atoms in total. The largest absolute Gasteiger partial charge is 0.366 e. The average molecular weight is 344 g/mol. The Morgan fingerprint density at radius 2 is 1.90 bits per heavy atom. The molecule has 1 aliphatic heterocycles. The van der Waals surface area contributed by atoms with Crippen LogP contribution >= 0.6 is 15.9 Å². The zero-order chi connectivity index (χ0) is 15.1. The fourth-order valence-corrected chi connectivity index (χ4v) is 3.28.